The molecule has 3 rings (SSSR count). The highest BCUT2D eigenvalue weighted by Gasteiger charge is 2.10. The van der Waals surface area contributed by atoms with Gasteiger partial charge in [-0.25, -0.2) is 0 Å². The fraction of sp³-hybridized carbons (Fsp3) is 0.0714. The molecule has 0 saturated carbocycles. The van der Waals surface area contributed by atoms with Gasteiger partial charge in [0.25, 0.3) is 0 Å². The van der Waals surface area contributed by atoms with Crippen LogP contribution < -0.4 is 5.32 Å². The van der Waals surface area contributed by atoms with Crippen LogP contribution in [0.15, 0.2) is 45.8 Å². The molecule has 116 valence electrons. The molecule has 3 aromatic rings. The van der Waals surface area contributed by atoms with Crippen molar-refractivity contribution in [3.05, 3.63) is 52.3 Å². The van der Waals surface area contributed by atoms with E-state index in [1.807, 2.05) is 24.3 Å². The topological polar surface area (TPSA) is 106 Å². The first-order valence-corrected chi connectivity index (χ1v) is 7.37. The average Bonchev–Trinajstić information content (AvgIpc) is 3.23. The van der Waals surface area contributed by atoms with Gasteiger partial charge in [0, 0.05) is 12.6 Å². The van der Waals surface area contributed by atoms with Gasteiger partial charge in [-0.1, -0.05) is 11.3 Å². The number of nitrogens with zero attached hydrogens (tertiary/aromatic N) is 4. The van der Waals surface area contributed by atoms with Crippen LogP contribution in [0, 0.1) is 10.1 Å². The van der Waals surface area contributed by atoms with Gasteiger partial charge in [-0.2, -0.15) is 0 Å². The molecule has 0 aliphatic carbocycles. The van der Waals surface area contributed by atoms with Crippen LogP contribution in [0.4, 0.5) is 16.7 Å². The van der Waals surface area contributed by atoms with Crippen LogP contribution in [0.3, 0.4) is 0 Å². The molecule has 0 bridgehead atoms. The van der Waals surface area contributed by atoms with Crippen molar-refractivity contribution >= 4 is 34.3 Å². The highest BCUT2D eigenvalue weighted by Crippen LogP contribution is 2.27. The van der Waals surface area contributed by atoms with E-state index in [1.165, 1.54) is 29.7 Å². The molecule has 0 unspecified atom stereocenters. The lowest BCUT2D eigenvalue weighted by molar-refractivity contribution is -0.402. The molecule has 0 amide bonds. The Morgan fingerprint density at radius 2 is 2.04 bits per heavy atom. The van der Waals surface area contributed by atoms with Gasteiger partial charge in [-0.05, 0) is 30.3 Å². The zero-order valence-corrected chi connectivity index (χ0v) is 12.8. The van der Waals surface area contributed by atoms with E-state index in [-0.39, 0.29) is 5.88 Å². The zero-order valence-electron chi connectivity index (χ0n) is 12.0. The Hall–Kier alpha value is -3.07. The number of hydrogen-bond donors (Lipinski definition) is 1. The van der Waals surface area contributed by atoms with E-state index in [9.17, 15) is 10.1 Å². The standard InChI is InChI=1S/C14H11N5O3S/c1-15-14-18-17-13(23-14)9-2-4-10(5-3-9)16-8-11-6-7-12(22-11)19(20)21/h2-8H,1H3,(H,15,18). The summed E-state index contributed by atoms with van der Waals surface area (Å²) in [5, 5.41) is 23.1. The Morgan fingerprint density at radius 1 is 1.26 bits per heavy atom. The lowest BCUT2D eigenvalue weighted by Gasteiger charge is -1.96. The van der Waals surface area contributed by atoms with E-state index in [4.69, 9.17) is 4.42 Å². The van der Waals surface area contributed by atoms with Gasteiger partial charge in [0.1, 0.15) is 9.93 Å². The Kier molecular flexibility index (Phi) is 4.11. The number of anilines is 1. The Bertz CT molecular complexity index is 853. The minimum Gasteiger partial charge on any atom is -0.400 e. The maximum absolute atomic E-state index is 10.5. The van der Waals surface area contributed by atoms with E-state index in [0.29, 0.717) is 11.4 Å². The molecule has 0 spiro atoms. The number of benzene rings is 1. The van der Waals surface area contributed by atoms with Crippen LogP contribution in [0.2, 0.25) is 0 Å². The van der Waals surface area contributed by atoms with Crippen molar-refractivity contribution in [3.8, 4) is 10.6 Å². The Balaban J connectivity index is 1.73. The van der Waals surface area contributed by atoms with Gasteiger partial charge < -0.3 is 9.73 Å². The molecule has 2 heterocycles. The molecule has 1 aromatic carbocycles. The van der Waals surface area contributed by atoms with Gasteiger partial charge in [0.05, 0.1) is 18.0 Å². The molecule has 0 saturated heterocycles. The molecule has 0 aliphatic heterocycles. The maximum atomic E-state index is 10.5. The van der Waals surface area contributed by atoms with Crippen LogP contribution in [0.25, 0.3) is 10.6 Å². The largest absolute Gasteiger partial charge is 0.433 e. The summed E-state index contributed by atoms with van der Waals surface area (Å²) in [6.45, 7) is 0. The molecule has 2 aromatic heterocycles. The van der Waals surface area contributed by atoms with E-state index < -0.39 is 4.92 Å². The van der Waals surface area contributed by atoms with Crippen LogP contribution in [0.1, 0.15) is 5.76 Å². The third kappa shape index (κ3) is 3.40. The number of nitrogens with one attached hydrogen (secondary N) is 1. The Morgan fingerprint density at radius 3 is 2.65 bits per heavy atom. The zero-order chi connectivity index (χ0) is 16.2. The molecule has 1 N–H and O–H groups in total. The van der Waals surface area contributed by atoms with Crippen molar-refractivity contribution < 1.29 is 9.34 Å². The quantitative estimate of drug-likeness (QED) is 0.436. The van der Waals surface area contributed by atoms with Crippen LogP contribution >= 0.6 is 11.3 Å². The summed E-state index contributed by atoms with van der Waals surface area (Å²) in [6, 6.07) is 10.2. The summed E-state index contributed by atoms with van der Waals surface area (Å²) in [5.41, 5.74) is 1.64. The number of aromatic nitrogens is 2. The molecule has 23 heavy (non-hydrogen) atoms. The first kappa shape index (κ1) is 14.9. The summed E-state index contributed by atoms with van der Waals surface area (Å²) in [6.07, 6.45) is 1.44. The summed E-state index contributed by atoms with van der Waals surface area (Å²) in [5.74, 6) is 0.0157. The second kappa shape index (κ2) is 6.36. The van der Waals surface area contributed by atoms with Gasteiger partial charge in [-0.15, -0.1) is 10.2 Å². The summed E-state index contributed by atoms with van der Waals surface area (Å²) in [4.78, 5) is 14.2. The molecular formula is C14H11N5O3S. The third-order valence-corrected chi connectivity index (χ3v) is 3.88. The summed E-state index contributed by atoms with van der Waals surface area (Å²) < 4.78 is 5.00. The molecule has 9 heteroatoms. The normalized spacial score (nSPS) is 11.0. The smallest absolute Gasteiger partial charge is 0.400 e. The van der Waals surface area contributed by atoms with Gasteiger partial charge in [-0.3, -0.25) is 15.1 Å². The lowest BCUT2D eigenvalue weighted by Crippen LogP contribution is -1.84. The summed E-state index contributed by atoms with van der Waals surface area (Å²) in [7, 11) is 1.79. The Labute approximate surface area is 134 Å². The number of furan rings is 1. The highest BCUT2D eigenvalue weighted by molar-refractivity contribution is 7.18. The van der Waals surface area contributed by atoms with Crippen molar-refractivity contribution in [2.24, 2.45) is 4.99 Å². The molecular weight excluding hydrogens is 318 g/mol. The predicted molar refractivity (Wildman–Crippen MR) is 87.5 cm³/mol. The van der Waals surface area contributed by atoms with Crippen molar-refractivity contribution in [1.82, 2.24) is 10.2 Å². The van der Waals surface area contributed by atoms with E-state index in [0.717, 1.165) is 15.7 Å². The van der Waals surface area contributed by atoms with Gasteiger partial charge >= 0.3 is 5.88 Å². The van der Waals surface area contributed by atoms with Crippen LogP contribution in [-0.4, -0.2) is 28.4 Å². The molecule has 0 atom stereocenters. The minimum absolute atomic E-state index is 0.307. The fourth-order valence-corrected chi connectivity index (χ4v) is 2.48. The number of hydrogen-bond acceptors (Lipinski definition) is 8. The monoisotopic (exact) mass is 329 g/mol. The molecule has 0 radical (unpaired) electrons. The van der Waals surface area contributed by atoms with E-state index in [1.54, 1.807) is 7.05 Å². The third-order valence-electron chi connectivity index (χ3n) is 2.89. The van der Waals surface area contributed by atoms with Gasteiger partial charge in [0.2, 0.25) is 5.13 Å². The summed E-state index contributed by atoms with van der Waals surface area (Å²) >= 11 is 1.46. The number of rotatable bonds is 5. The SMILES string of the molecule is CNc1nnc(-c2ccc(N=Cc3ccc([N+](=O)[O-])o3)cc2)s1. The molecule has 8 nitrogen and oxygen atoms in total. The second-order valence-electron chi connectivity index (χ2n) is 4.40. The molecule has 0 fully saturated rings. The fourth-order valence-electron chi connectivity index (χ4n) is 1.78. The number of aliphatic imine (C=N–C) groups is 1. The maximum Gasteiger partial charge on any atom is 0.433 e. The number of nitro groups is 1. The lowest BCUT2D eigenvalue weighted by atomic mass is 10.2. The van der Waals surface area contributed by atoms with E-state index >= 15 is 0 Å². The van der Waals surface area contributed by atoms with Crippen LogP contribution in [-0.2, 0) is 0 Å². The highest BCUT2D eigenvalue weighted by atomic mass is 32.1. The van der Waals surface area contributed by atoms with E-state index in [2.05, 4.69) is 20.5 Å². The van der Waals surface area contributed by atoms with Crippen molar-refractivity contribution in [3.63, 3.8) is 0 Å². The van der Waals surface area contributed by atoms with Crippen molar-refractivity contribution in [1.29, 1.82) is 0 Å². The second-order valence-corrected chi connectivity index (χ2v) is 5.38. The van der Waals surface area contributed by atoms with Crippen LogP contribution in [0.5, 0.6) is 0 Å². The molecule has 0 aliphatic rings. The van der Waals surface area contributed by atoms with Crippen molar-refractivity contribution in [2.75, 3.05) is 12.4 Å². The first-order chi connectivity index (χ1) is 11.2. The minimum atomic E-state index is -0.590. The van der Waals surface area contributed by atoms with Crippen molar-refractivity contribution in [2.45, 2.75) is 0 Å². The average molecular weight is 329 g/mol. The predicted octanol–water partition coefficient (Wildman–Crippen LogP) is 3.50. The first-order valence-electron chi connectivity index (χ1n) is 6.55. The van der Waals surface area contributed by atoms with Gasteiger partial charge in [0.15, 0.2) is 5.76 Å².